The van der Waals surface area contributed by atoms with E-state index in [1.54, 1.807) is 26.3 Å². The number of hydrogen-bond donors (Lipinski definition) is 1. The minimum atomic E-state index is -3.77. The Hall–Kier alpha value is -3.24. The molecule has 0 unspecified atom stereocenters. The molecular weight excluding hydrogens is 420 g/mol. The van der Waals surface area contributed by atoms with E-state index in [0.29, 0.717) is 36.0 Å². The third-order valence-corrected chi connectivity index (χ3v) is 5.94. The van der Waals surface area contributed by atoms with Crippen molar-refractivity contribution < 1.29 is 22.5 Å². The Kier molecular flexibility index (Phi) is 7.03. The molecule has 2 aromatic carbocycles. The lowest BCUT2D eigenvalue weighted by atomic mass is 10.2. The van der Waals surface area contributed by atoms with Crippen molar-refractivity contribution in [3.63, 3.8) is 0 Å². The number of rotatable bonds is 9. The first-order chi connectivity index (χ1) is 14.8. The number of aromatic nitrogens is 2. The smallest absolute Gasteiger partial charge is 0.261 e. The Morgan fingerprint density at radius 3 is 2.55 bits per heavy atom. The summed E-state index contributed by atoms with van der Waals surface area (Å²) in [5.74, 6) is 0.518. The normalized spacial score (nSPS) is 11.3. The van der Waals surface area contributed by atoms with Crippen LogP contribution < -0.4 is 4.72 Å². The van der Waals surface area contributed by atoms with E-state index in [0.717, 1.165) is 5.56 Å². The van der Waals surface area contributed by atoms with Gasteiger partial charge in [0.15, 0.2) is 5.82 Å². The summed E-state index contributed by atoms with van der Waals surface area (Å²) in [4.78, 5) is 18.4. The van der Waals surface area contributed by atoms with Gasteiger partial charge in [-0.1, -0.05) is 23.4 Å². The van der Waals surface area contributed by atoms with Gasteiger partial charge in [0.25, 0.3) is 15.9 Å². The second kappa shape index (κ2) is 9.71. The zero-order valence-electron chi connectivity index (χ0n) is 17.5. The molecule has 1 amide bonds. The van der Waals surface area contributed by atoms with E-state index in [1.807, 2.05) is 19.1 Å². The number of methoxy groups -OCH3 is 1. The molecule has 0 aliphatic rings. The SMILES string of the molecule is COCCc1noc(CN(C)C(=O)c2ccc(S(=O)(=O)Nc3ccccc3C)cc2)n1. The number of amides is 1. The third kappa shape index (κ3) is 5.68. The number of nitrogens with zero attached hydrogens (tertiary/aromatic N) is 3. The van der Waals surface area contributed by atoms with Crippen LogP contribution in [0.2, 0.25) is 0 Å². The summed E-state index contributed by atoms with van der Waals surface area (Å²) in [5.41, 5.74) is 1.66. The molecule has 0 radical (unpaired) electrons. The minimum absolute atomic E-state index is 0.0645. The minimum Gasteiger partial charge on any atom is -0.384 e. The zero-order chi connectivity index (χ0) is 22.4. The predicted molar refractivity (Wildman–Crippen MR) is 114 cm³/mol. The maximum atomic E-state index is 12.7. The standard InChI is InChI=1S/C21H24N4O5S/c1-15-6-4-5-7-18(15)24-31(27,28)17-10-8-16(9-11-17)21(26)25(2)14-20-22-19(23-30-20)12-13-29-3/h4-11,24H,12-14H2,1-3H3. The molecule has 0 spiro atoms. The average molecular weight is 445 g/mol. The van der Waals surface area contributed by atoms with E-state index < -0.39 is 10.0 Å². The topological polar surface area (TPSA) is 115 Å². The number of carbonyl (C=O) groups is 1. The van der Waals surface area contributed by atoms with Gasteiger partial charge in [-0.3, -0.25) is 9.52 Å². The van der Waals surface area contributed by atoms with E-state index in [1.165, 1.54) is 29.2 Å². The molecule has 1 N–H and O–H groups in total. The van der Waals surface area contributed by atoms with E-state index in [4.69, 9.17) is 9.26 Å². The Labute approximate surface area is 181 Å². The first-order valence-electron chi connectivity index (χ1n) is 9.54. The number of nitrogens with one attached hydrogen (secondary N) is 1. The summed E-state index contributed by atoms with van der Waals surface area (Å²) < 4.78 is 38.0. The van der Waals surface area contributed by atoms with Crippen LogP contribution in [0.3, 0.4) is 0 Å². The van der Waals surface area contributed by atoms with Crippen molar-refractivity contribution in [1.82, 2.24) is 15.0 Å². The van der Waals surface area contributed by atoms with Crippen molar-refractivity contribution in [1.29, 1.82) is 0 Å². The van der Waals surface area contributed by atoms with Gasteiger partial charge in [0, 0.05) is 26.1 Å². The Morgan fingerprint density at radius 1 is 1.16 bits per heavy atom. The molecule has 0 aliphatic carbocycles. The maximum absolute atomic E-state index is 12.7. The molecule has 3 aromatic rings. The van der Waals surface area contributed by atoms with Gasteiger partial charge < -0.3 is 14.2 Å². The summed E-state index contributed by atoms with van der Waals surface area (Å²) in [6.07, 6.45) is 0.518. The molecule has 0 atom stereocenters. The van der Waals surface area contributed by atoms with Crippen LogP contribution in [0.5, 0.6) is 0 Å². The fourth-order valence-corrected chi connectivity index (χ4v) is 3.94. The number of benzene rings is 2. The van der Waals surface area contributed by atoms with Crippen molar-refractivity contribution in [3.05, 3.63) is 71.4 Å². The van der Waals surface area contributed by atoms with Crippen LogP contribution in [-0.4, -0.2) is 50.1 Å². The average Bonchev–Trinajstić information content (AvgIpc) is 3.20. The van der Waals surface area contributed by atoms with Crippen LogP contribution >= 0.6 is 0 Å². The van der Waals surface area contributed by atoms with E-state index in [9.17, 15) is 13.2 Å². The number of anilines is 1. The van der Waals surface area contributed by atoms with Crippen molar-refractivity contribution in [3.8, 4) is 0 Å². The molecule has 0 bridgehead atoms. The van der Waals surface area contributed by atoms with Crippen LogP contribution in [0.15, 0.2) is 57.9 Å². The molecule has 164 valence electrons. The van der Waals surface area contributed by atoms with Crippen molar-refractivity contribution in [2.75, 3.05) is 25.5 Å². The van der Waals surface area contributed by atoms with E-state index in [2.05, 4.69) is 14.9 Å². The van der Waals surface area contributed by atoms with Crippen molar-refractivity contribution >= 4 is 21.6 Å². The van der Waals surface area contributed by atoms with Gasteiger partial charge in [-0.05, 0) is 42.8 Å². The van der Waals surface area contributed by atoms with Gasteiger partial charge in [-0.2, -0.15) is 4.98 Å². The van der Waals surface area contributed by atoms with Gasteiger partial charge in [-0.25, -0.2) is 8.42 Å². The first kappa shape index (κ1) is 22.4. The number of ether oxygens (including phenoxy) is 1. The molecule has 0 aliphatic heterocycles. The van der Waals surface area contributed by atoms with Gasteiger partial charge in [0.1, 0.15) is 0 Å². The predicted octanol–water partition coefficient (Wildman–Crippen LogP) is 2.64. The fourth-order valence-electron chi connectivity index (χ4n) is 2.81. The molecular formula is C21H24N4O5S. The van der Waals surface area contributed by atoms with Crippen LogP contribution in [-0.2, 0) is 27.7 Å². The highest BCUT2D eigenvalue weighted by Crippen LogP contribution is 2.20. The van der Waals surface area contributed by atoms with Crippen molar-refractivity contribution in [2.45, 2.75) is 24.8 Å². The molecule has 0 saturated heterocycles. The maximum Gasteiger partial charge on any atom is 0.261 e. The summed E-state index contributed by atoms with van der Waals surface area (Å²) in [6, 6.07) is 12.9. The molecule has 9 nitrogen and oxygen atoms in total. The lowest BCUT2D eigenvalue weighted by Crippen LogP contribution is -2.26. The summed E-state index contributed by atoms with van der Waals surface area (Å²) in [6.45, 7) is 2.43. The van der Waals surface area contributed by atoms with Crippen LogP contribution in [0.4, 0.5) is 5.69 Å². The second-order valence-corrected chi connectivity index (χ2v) is 8.64. The summed E-state index contributed by atoms with van der Waals surface area (Å²) in [5, 5.41) is 3.84. The van der Waals surface area contributed by atoms with Crippen molar-refractivity contribution in [2.24, 2.45) is 0 Å². The first-order valence-corrected chi connectivity index (χ1v) is 11.0. The largest absolute Gasteiger partial charge is 0.384 e. The van der Waals surface area contributed by atoms with Gasteiger partial charge in [0.2, 0.25) is 5.89 Å². The molecule has 0 saturated carbocycles. The number of sulfonamides is 1. The van der Waals surface area contributed by atoms with Gasteiger partial charge in [0.05, 0.1) is 23.7 Å². The van der Waals surface area contributed by atoms with Gasteiger partial charge in [-0.15, -0.1) is 0 Å². The third-order valence-electron chi connectivity index (χ3n) is 4.56. The lowest BCUT2D eigenvalue weighted by molar-refractivity contribution is 0.0769. The Bertz CT molecular complexity index is 1140. The number of hydrogen-bond acceptors (Lipinski definition) is 7. The van der Waals surface area contributed by atoms with E-state index >= 15 is 0 Å². The summed E-state index contributed by atoms with van der Waals surface area (Å²) in [7, 11) is -0.582. The van der Waals surface area contributed by atoms with E-state index in [-0.39, 0.29) is 17.3 Å². The zero-order valence-corrected chi connectivity index (χ0v) is 18.3. The van der Waals surface area contributed by atoms with Crippen LogP contribution in [0, 0.1) is 6.92 Å². The van der Waals surface area contributed by atoms with Gasteiger partial charge >= 0.3 is 0 Å². The molecule has 10 heteroatoms. The number of para-hydroxylation sites is 1. The molecule has 3 rings (SSSR count). The quantitative estimate of drug-likeness (QED) is 0.539. The fraction of sp³-hybridized carbons (Fsp3) is 0.286. The van der Waals surface area contributed by atoms with Crippen LogP contribution in [0.25, 0.3) is 0 Å². The Balaban J connectivity index is 1.66. The highest BCUT2D eigenvalue weighted by Gasteiger charge is 2.19. The second-order valence-electron chi connectivity index (χ2n) is 6.95. The number of aryl methyl sites for hydroxylation is 1. The molecule has 0 fully saturated rings. The molecule has 1 heterocycles. The lowest BCUT2D eigenvalue weighted by Gasteiger charge is -2.15. The molecule has 1 aromatic heterocycles. The number of carbonyl (C=O) groups excluding carboxylic acids is 1. The van der Waals surface area contributed by atoms with Crippen LogP contribution in [0.1, 0.15) is 27.6 Å². The summed E-state index contributed by atoms with van der Waals surface area (Å²) >= 11 is 0. The monoisotopic (exact) mass is 444 g/mol. The highest BCUT2D eigenvalue weighted by atomic mass is 32.2. The highest BCUT2D eigenvalue weighted by molar-refractivity contribution is 7.92. The Morgan fingerprint density at radius 2 is 1.87 bits per heavy atom. The molecule has 31 heavy (non-hydrogen) atoms.